The van der Waals surface area contributed by atoms with E-state index in [1.807, 2.05) is 26.0 Å². The first kappa shape index (κ1) is 19.0. The minimum absolute atomic E-state index is 0.0694. The number of hydrogen-bond acceptors (Lipinski definition) is 1. The summed E-state index contributed by atoms with van der Waals surface area (Å²) in [6.07, 6.45) is 4.70. The van der Waals surface area contributed by atoms with Crippen LogP contribution in [0.5, 0.6) is 0 Å². The van der Waals surface area contributed by atoms with Gasteiger partial charge in [0, 0.05) is 18.0 Å². The zero-order valence-corrected chi connectivity index (χ0v) is 14.0. The molecule has 1 N–H and O–H groups in total. The van der Waals surface area contributed by atoms with Gasteiger partial charge in [-0.05, 0) is 37.0 Å². The summed E-state index contributed by atoms with van der Waals surface area (Å²) in [6, 6.07) is 5.87. The molecule has 1 aliphatic heterocycles. The van der Waals surface area contributed by atoms with Crippen LogP contribution in [0.3, 0.4) is 0 Å². The first-order valence-corrected chi connectivity index (χ1v) is 8.16. The number of carbonyl (C=O) groups excluding carboxylic acids is 1. The van der Waals surface area contributed by atoms with E-state index in [4.69, 9.17) is 11.6 Å². The maximum atomic E-state index is 11.3. The standard InChI is InChI=1S/C10H11NO.C5H11Cl.C2H6/c1-7-3-2-4-9-8(7)5-6-11-10(9)12;1-2-3-4-5-6;1-2/h2-4H,5-6H2,1H3,(H,11,12);2-5H2,1H3;1-2H3. The van der Waals surface area contributed by atoms with Gasteiger partial charge in [0.1, 0.15) is 0 Å². The van der Waals surface area contributed by atoms with Gasteiger partial charge >= 0.3 is 0 Å². The lowest BCUT2D eigenvalue weighted by atomic mass is 9.96. The fourth-order valence-corrected chi connectivity index (χ4v) is 2.18. The summed E-state index contributed by atoms with van der Waals surface area (Å²) in [5, 5.41) is 2.83. The van der Waals surface area contributed by atoms with Crippen molar-refractivity contribution in [3.8, 4) is 0 Å². The number of hydrogen-bond donors (Lipinski definition) is 1. The lowest BCUT2D eigenvalue weighted by Crippen LogP contribution is -2.32. The lowest BCUT2D eigenvalue weighted by Gasteiger charge is -2.17. The van der Waals surface area contributed by atoms with Crippen molar-refractivity contribution in [2.45, 2.75) is 53.4 Å². The summed E-state index contributed by atoms with van der Waals surface area (Å²) in [5.74, 6) is 0.897. The molecule has 114 valence electrons. The molecule has 0 atom stereocenters. The van der Waals surface area contributed by atoms with Crippen LogP contribution in [0.4, 0.5) is 0 Å². The summed E-state index contributed by atoms with van der Waals surface area (Å²) in [5.41, 5.74) is 3.28. The number of alkyl halides is 1. The van der Waals surface area contributed by atoms with Gasteiger partial charge in [-0.1, -0.05) is 45.7 Å². The summed E-state index contributed by atoms with van der Waals surface area (Å²) < 4.78 is 0. The summed E-state index contributed by atoms with van der Waals surface area (Å²) >= 11 is 5.38. The highest BCUT2D eigenvalue weighted by Gasteiger charge is 2.16. The number of carbonyl (C=O) groups is 1. The zero-order valence-electron chi connectivity index (χ0n) is 13.3. The third-order valence-corrected chi connectivity index (χ3v) is 3.32. The monoisotopic (exact) mass is 297 g/mol. The van der Waals surface area contributed by atoms with E-state index in [2.05, 4.69) is 25.2 Å². The van der Waals surface area contributed by atoms with Gasteiger partial charge in [0.05, 0.1) is 0 Å². The molecule has 1 heterocycles. The molecule has 1 aliphatic rings. The first-order valence-electron chi connectivity index (χ1n) is 7.63. The average molecular weight is 298 g/mol. The van der Waals surface area contributed by atoms with Crippen molar-refractivity contribution in [2.75, 3.05) is 12.4 Å². The third-order valence-electron chi connectivity index (χ3n) is 3.05. The van der Waals surface area contributed by atoms with E-state index < -0.39 is 0 Å². The normalized spacial score (nSPS) is 12.2. The smallest absolute Gasteiger partial charge is 0.251 e. The fourth-order valence-electron chi connectivity index (χ4n) is 1.99. The predicted molar refractivity (Wildman–Crippen MR) is 88.8 cm³/mol. The van der Waals surface area contributed by atoms with Crippen LogP contribution in [0.2, 0.25) is 0 Å². The van der Waals surface area contributed by atoms with E-state index in [0.29, 0.717) is 0 Å². The van der Waals surface area contributed by atoms with E-state index in [9.17, 15) is 4.79 Å². The van der Waals surface area contributed by atoms with E-state index in [-0.39, 0.29) is 5.91 Å². The average Bonchev–Trinajstić information content (AvgIpc) is 2.49. The van der Waals surface area contributed by atoms with E-state index in [1.165, 1.54) is 30.4 Å². The van der Waals surface area contributed by atoms with Crippen molar-refractivity contribution >= 4 is 17.5 Å². The van der Waals surface area contributed by atoms with Gasteiger partial charge < -0.3 is 5.32 Å². The minimum Gasteiger partial charge on any atom is -0.352 e. The topological polar surface area (TPSA) is 29.1 Å². The van der Waals surface area contributed by atoms with Gasteiger partial charge in [0.25, 0.3) is 5.91 Å². The second-order valence-electron chi connectivity index (χ2n) is 4.50. The molecule has 0 fully saturated rings. The maximum Gasteiger partial charge on any atom is 0.251 e. The van der Waals surface area contributed by atoms with Crippen molar-refractivity contribution in [3.63, 3.8) is 0 Å². The molecule has 3 heteroatoms. The highest BCUT2D eigenvalue weighted by molar-refractivity contribution is 6.17. The molecular formula is C17H28ClNO. The second-order valence-corrected chi connectivity index (χ2v) is 4.88. The number of benzene rings is 1. The molecule has 1 amide bonds. The largest absolute Gasteiger partial charge is 0.352 e. The van der Waals surface area contributed by atoms with Gasteiger partial charge in [-0.3, -0.25) is 4.79 Å². The highest BCUT2D eigenvalue weighted by atomic mass is 35.5. The van der Waals surface area contributed by atoms with Crippen molar-refractivity contribution in [1.29, 1.82) is 0 Å². The number of unbranched alkanes of at least 4 members (excludes halogenated alkanes) is 2. The number of halogens is 1. The Balaban J connectivity index is 0.000000387. The van der Waals surface area contributed by atoms with Crippen LogP contribution >= 0.6 is 11.6 Å². The van der Waals surface area contributed by atoms with Crippen LogP contribution in [-0.2, 0) is 6.42 Å². The Morgan fingerprint density at radius 3 is 2.45 bits per heavy atom. The fraction of sp³-hybridized carbons (Fsp3) is 0.588. The van der Waals surface area contributed by atoms with E-state index >= 15 is 0 Å². The molecule has 0 saturated heterocycles. The number of nitrogens with one attached hydrogen (secondary N) is 1. The van der Waals surface area contributed by atoms with Gasteiger partial charge in [-0.25, -0.2) is 0 Å². The van der Waals surface area contributed by atoms with Crippen LogP contribution in [0.15, 0.2) is 18.2 Å². The number of fused-ring (bicyclic) bond motifs is 1. The van der Waals surface area contributed by atoms with Crippen molar-refractivity contribution in [1.82, 2.24) is 5.32 Å². The van der Waals surface area contributed by atoms with Crippen LogP contribution in [-0.4, -0.2) is 18.3 Å². The zero-order chi connectivity index (χ0) is 15.4. The van der Waals surface area contributed by atoms with Gasteiger partial charge in [-0.15, -0.1) is 11.6 Å². The molecule has 0 aliphatic carbocycles. The molecule has 20 heavy (non-hydrogen) atoms. The first-order chi connectivity index (χ1) is 9.70. The minimum atomic E-state index is 0.0694. The van der Waals surface area contributed by atoms with Crippen LogP contribution in [0, 0.1) is 6.92 Å². The van der Waals surface area contributed by atoms with E-state index in [1.54, 1.807) is 0 Å². The Morgan fingerprint density at radius 1 is 1.25 bits per heavy atom. The summed E-state index contributed by atoms with van der Waals surface area (Å²) in [4.78, 5) is 11.3. The lowest BCUT2D eigenvalue weighted by molar-refractivity contribution is 0.0946. The van der Waals surface area contributed by atoms with Crippen molar-refractivity contribution < 1.29 is 4.79 Å². The molecule has 0 saturated carbocycles. The molecule has 0 unspecified atom stereocenters. The number of amides is 1. The quantitative estimate of drug-likeness (QED) is 0.634. The predicted octanol–water partition coefficient (Wildman–Crippen LogP) is 4.72. The van der Waals surface area contributed by atoms with Gasteiger partial charge in [-0.2, -0.15) is 0 Å². The molecule has 0 spiro atoms. The maximum absolute atomic E-state index is 11.3. The number of rotatable bonds is 3. The van der Waals surface area contributed by atoms with Crippen molar-refractivity contribution in [2.24, 2.45) is 0 Å². The second kappa shape index (κ2) is 11.8. The van der Waals surface area contributed by atoms with Crippen molar-refractivity contribution in [3.05, 3.63) is 34.9 Å². The molecule has 0 radical (unpaired) electrons. The number of aryl methyl sites for hydroxylation is 1. The Kier molecular flexibility index (Phi) is 11.2. The Morgan fingerprint density at radius 2 is 1.95 bits per heavy atom. The molecule has 1 aromatic carbocycles. The highest BCUT2D eigenvalue weighted by Crippen LogP contribution is 2.17. The molecule has 0 aromatic heterocycles. The molecule has 0 bridgehead atoms. The molecular weight excluding hydrogens is 270 g/mol. The Hall–Kier alpha value is -1.02. The third kappa shape index (κ3) is 6.42. The summed E-state index contributed by atoms with van der Waals surface area (Å²) in [6.45, 7) is 9.00. The van der Waals surface area contributed by atoms with Crippen LogP contribution in [0.25, 0.3) is 0 Å². The van der Waals surface area contributed by atoms with Gasteiger partial charge in [0.15, 0.2) is 0 Å². The summed E-state index contributed by atoms with van der Waals surface area (Å²) in [7, 11) is 0. The Labute approximate surface area is 128 Å². The molecule has 2 nitrogen and oxygen atoms in total. The van der Waals surface area contributed by atoms with Crippen LogP contribution in [0.1, 0.15) is 61.5 Å². The SMILES string of the molecule is CC.CCCCCCl.Cc1cccc2c1CCNC2=O. The Bertz CT molecular complexity index is 387. The van der Waals surface area contributed by atoms with E-state index in [0.717, 1.165) is 24.4 Å². The van der Waals surface area contributed by atoms with Gasteiger partial charge in [0.2, 0.25) is 0 Å². The molecule has 2 rings (SSSR count). The molecule has 1 aromatic rings. The van der Waals surface area contributed by atoms with Crippen LogP contribution < -0.4 is 5.32 Å².